The molecule has 2 heterocycles. The summed E-state index contributed by atoms with van der Waals surface area (Å²) in [4.78, 5) is 8.34. The van der Waals surface area contributed by atoms with E-state index in [0.717, 1.165) is 29.7 Å². The Balaban J connectivity index is 1.84. The van der Waals surface area contributed by atoms with Crippen molar-refractivity contribution in [2.24, 2.45) is 0 Å². The van der Waals surface area contributed by atoms with Crippen LogP contribution in [0.1, 0.15) is 35.8 Å². The average molecular weight is 346 g/mol. The maximum absolute atomic E-state index is 12.4. The first-order valence-corrected chi connectivity index (χ1v) is 8.04. The number of fused-ring (bicyclic) bond motifs is 2. The molecular formula is C18H16F2N2O3. The van der Waals surface area contributed by atoms with Crippen LogP contribution in [0.5, 0.6) is 5.88 Å². The van der Waals surface area contributed by atoms with Gasteiger partial charge in [0.2, 0.25) is 5.88 Å². The Labute approximate surface area is 142 Å². The highest BCUT2D eigenvalue weighted by molar-refractivity contribution is 5.91. The molecule has 0 saturated heterocycles. The fourth-order valence-electron chi connectivity index (χ4n) is 3.25. The van der Waals surface area contributed by atoms with Gasteiger partial charge in [-0.25, -0.2) is 9.97 Å². The standard InChI is InChI=1S/C18H16F2N2O3/c1-9-5-11(15-7-10-13(23)3-2-4-14(10)24-15)17-12(6-9)22-16(8-21-17)25-18(19)20/h5-8,13,18,23H,2-4H2,1H3. The van der Waals surface area contributed by atoms with E-state index in [1.54, 1.807) is 6.07 Å². The first-order valence-electron chi connectivity index (χ1n) is 8.04. The summed E-state index contributed by atoms with van der Waals surface area (Å²) in [6, 6.07) is 5.49. The van der Waals surface area contributed by atoms with Gasteiger partial charge in [0.05, 0.1) is 23.3 Å². The van der Waals surface area contributed by atoms with E-state index in [1.165, 1.54) is 6.20 Å². The largest absolute Gasteiger partial charge is 0.461 e. The molecule has 0 saturated carbocycles. The molecule has 0 radical (unpaired) electrons. The Morgan fingerprint density at radius 1 is 1.32 bits per heavy atom. The molecule has 5 nitrogen and oxygen atoms in total. The molecule has 25 heavy (non-hydrogen) atoms. The van der Waals surface area contributed by atoms with Crippen LogP contribution in [0.4, 0.5) is 8.78 Å². The van der Waals surface area contributed by atoms with Crippen molar-refractivity contribution in [1.29, 1.82) is 0 Å². The molecule has 2 aromatic heterocycles. The Morgan fingerprint density at radius 3 is 2.92 bits per heavy atom. The lowest BCUT2D eigenvalue weighted by Gasteiger charge is -2.15. The minimum atomic E-state index is -2.95. The normalized spacial score (nSPS) is 17.1. The van der Waals surface area contributed by atoms with Crippen molar-refractivity contribution >= 4 is 11.0 Å². The van der Waals surface area contributed by atoms with Crippen LogP contribution in [-0.4, -0.2) is 21.7 Å². The maximum atomic E-state index is 12.4. The molecule has 1 atom stereocenters. The summed E-state index contributed by atoms with van der Waals surface area (Å²) >= 11 is 0. The summed E-state index contributed by atoms with van der Waals surface area (Å²) in [5.41, 5.74) is 3.39. The van der Waals surface area contributed by atoms with E-state index in [0.29, 0.717) is 28.8 Å². The molecule has 130 valence electrons. The molecule has 0 spiro atoms. The van der Waals surface area contributed by atoms with E-state index >= 15 is 0 Å². The number of hydrogen-bond acceptors (Lipinski definition) is 5. The third-order valence-corrected chi connectivity index (χ3v) is 4.33. The Kier molecular flexibility index (Phi) is 3.88. The zero-order valence-electron chi connectivity index (χ0n) is 13.5. The second-order valence-corrected chi connectivity index (χ2v) is 6.16. The van der Waals surface area contributed by atoms with Crippen LogP contribution in [0, 0.1) is 6.92 Å². The fourth-order valence-corrected chi connectivity index (χ4v) is 3.25. The third-order valence-electron chi connectivity index (χ3n) is 4.33. The second-order valence-electron chi connectivity index (χ2n) is 6.16. The van der Waals surface area contributed by atoms with E-state index < -0.39 is 12.7 Å². The molecule has 0 amide bonds. The summed E-state index contributed by atoms with van der Waals surface area (Å²) in [6.07, 6.45) is 3.03. The zero-order valence-corrected chi connectivity index (χ0v) is 13.5. The van der Waals surface area contributed by atoms with Gasteiger partial charge in [0.25, 0.3) is 0 Å². The lowest BCUT2D eigenvalue weighted by molar-refractivity contribution is -0.0528. The van der Waals surface area contributed by atoms with Crippen molar-refractivity contribution in [3.05, 3.63) is 41.3 Å². The van der Waals surface area contributed by atoms with Crippen molar-refractivity contribution < 1.29 is 23.0 Å². The van der Waals surface area contributed by atoms with Gasteiger partial charge in [-0.2, -0.15) is 8.78 Å². The summed E-state index contributed by atoms with van der Waals surface area (Å²) in [5, 5.41) is 10.1. The molecule has 1 unspecified atom stereocenters. The molecule has 3 aromatic rings. The van der Waals surface area contributed by atoms with Gasteiger partial charge < -0.3 is 14.3 Å². The van der Waals surface area contributed by atoms with Crippen LogP contribution in [-0.2, 0) is 6.42 Å². The molecule has 1 aliphatic rings. The number of rotatable bonds is 3. The van der Waals surface area contributed by atoms with Crippen LogP contribution in [0.15, 0.2) is 28.8 Å². The molecule has 1 N–H and O–H groups in total. The first-order chi connectivity index (χ1) is 12.0. The first kappa shape index (κ1) is 16.0. The van der Waals surface area contributed by atoms with Crippen molar-refractivity contribution in [2.45, 2.75) is 38.9 Å². The van der Waals surface area contributed by atoms with Crippen LogP contribution < -0.4 is 4.74 Å². The van der Waals surface area contributed by atoms with E-state index in [1.807, 2.05) is 19.1 Å². The Bertz CT molecular complexity index is 939. The molecule has 4 rings (SSSR count). The molecular weight excluding hydrogens is 330 g/mol. The van der Waals surface area contributed by atoms with Gasteiger partial charge in [-0.05, 0) is 43.5 Å². The molecule has 0 fully saturated rings. The number of aliphatic hydroxyl groups is 1. The smallest absolute Gasteiger partial charge is 0.388 e. The van der Waals surface area contributed by atoms with Gasteiger partial charge in [-0.15, -0.1) is 0 Å². The van der Waals surface area contributed by atoms with Crippen LogP contribution in [0.25, 0.3) is 22.4 Å². The number of aliphatic hydroxyl groups excluding tert-OH is 1. The number of ether oxygens (including phenoxy) is 1. The number of aryl methyl sites for hydroxylation is 2. The van der Waals surface area contributed by atoms with Crippen LogP contribution in [0.2, 0.25) is 0 Å². The van der Waals surface area contributed by atoms with Gasteiger partial charge in [0.1, 0.15) is 11.5 Å². The topological polar surface area (TPSA) is 68.4 Å². The van der Waals surface area contributed by atoms with Crippen molar-refractivity contribution in [2.75, 3.05) is 0 Å². The molecule has 1 aromatic carbocycles. The number of furan rings is 1. The highest BCUT2D eigenvalue weighted by atomic mass is 19.3. The number of benzene rings is 1. The minimum Gasteiger partial charge on any atom is -0.461 e. The van der Waals surface area contributed by atoms with Crippen LogP contribution >= 0.6 is 0 Å². The Morgan fingerprint density at radius 2 is 2.16 bits per heavy atom. The van der Waals surface area contributed by atoms with Crippen molar-refractivity contribution in [3.8, 4) is 17.2 Å². The maximum Gasteiger partial charge on any atom is 0.388 e. The van der Waals surface area contributed by atoms with Gasteiger partial charge in [-0.3, -0.25) is 0 Å². The predicted octanol–water partition coefficient (Wildman–Crippen LogP) is 4.17. The average Bonchev–Trinajstić information content (AvgIpc) is 2.98. The SMILES string of the molecule is Cc1cc(-c2cc3c(o2)CCCC3O)c2ncc(OC(F)F)nc2c1. The molecule has 1 aliphatic carbocycles. The molecule has 0 aliphatic heterocycles. The predicted molar refractivity (Wildman–Crippen MR) is 86.5 cm³/mol. The van der Waals surface area contributed by atoms with E-state index in [-0.39, 0.29) is 5.88 Å². The summed E-state index contributed by atoms with van der Waals surface area (Å²) in [7, 11) is 0. The highest BCUT2D eigenvalue weighted by Crippen LogP contribution is 2.38. The monoisotopic (exact) mass is 346 g/mol. The zero-order chi connectivity index (χ0) is 17.6. The van der Waals surface area contributed by atoms with Gasteiger partial charge in [-0.1, -0.05) is 0 Å². The number of halogens is 2. The van der Waals surface area contributed by atoms with Crippen molar-refractivity contribution in [1.82, 2.24) is 9.97 Å². The number of alkyl halides is 2. The summed E-state index contributed by atoms with van der Waals surface area (Å²) < 4.78 is 35.0. The lowest BCUT2D eigenvalue weighted by atomic mass is 9.95. The van der Waals surface area contributed by atoms with E-state index in [2.05, 4.69) is 14.7 Å². The Hall–Kier alpha value is -2.54. The number of nitrogens with zero attached hydrogens (tertiary/aromatic N) is 2. The molecule has 7 heteroatoms. The van der Waals surface area contributed by atoms with E-state index in [9.17, 15) is 13.9 Å². The number of aromatic nitrogens is 2. The summed E-state index contributed by atoms with van der Waals surface area (Å²) in [6.45, 7) is -1.07. The highest BCUT2D eigenvalue weighted by Gasteiger charge is 2.24. The third kappa shape index (κ3) is 2.95. The van der Waals surface area contributed by atoms with Crippen LogP contribution in [0.3, 0.4) is 0 Å². The second kappa shape index (κ2) is 6.07. The minimum absolute atomic E-state index is 0.229. The summed E-state index contributed by atoms with van der Waals surface area (Å²) in [5.74, 6) is 1.15. The van der Waals surface area contributed by atoms with Gasteiger partial charge in [0.15, 0.2) is 0 Å². The molecule has 0 bridgehead atoms. The lowest BCUT2D eigenvalue weighted by Crippen LogP contribution is -2.05. The van der Waals surface area contributed by atoms with Crippen molar-refractivity contribution in [3.63, 3.8) is 0 Å². The number of hydrogen-bond donors (Lipinski definition) is 1. The van der Waals surface area contributed by atoms with Gasteiger partial charge in [0, 0.05) is 17.5 Å². The van der Waals surface area contributed by atoms with Gasteiger partial charge >= 0.3 is 6.61 Å². The quantitative estimate of drug-likeness (QED) is 0.771. The fraction of sp³-hybridized carbons (Fsp3) is 0.333. The van der Waals surface area contributed by atoms with E-state index in [4.69, 9.17) is 4.42 Å².